The molecule has 1 amide bonds. The van der Waals surface area contributed by atoms with E-state index in [1.165, 1.54) is 12.8 Å². The summed E-state index contributed by atoms with van der Waals surface area (Å²) in [5, 5.41) is 3.39. The first-order valence-electron chi connectivity index (χ1n) is 7.25. The molecular formula is C14H24N2O2. The van der Waals surface area contributed by atoms with Crippen LogP contribution in [0.3, 0.4) is 0 Å². The molecule has 1 aliphatic carbocycles. The summed E-state index contributed by atoms with van der Waals surface area (Å²) in [6.07, 6.45) is 3.47. The van der Waals surface area contributed by atoms with E-state index >= 15 is 0 Å². The van der Waals surface area contributed by atoms with E-state index in [-0.39, 0.29) is 12.1 Å². The molecule has 18 heavy (non-hydrogen) atoms. The second-order valence-corrected chi connectivity index (χ2v) is 6.35. The van der Waals surface area contributed by atoms with Gasteiger partial charge in [0.2, 0.25) is 5.91 Å². The summed E-state index contributed by atoms with van der Waals surface area (Å²) >= 11 is 0. The number of ether oxygens (including phenoxy) is 1. The van der Waals surface area contributed by atoms with Gasteiger partial charge in [-0.2, -0.15) is 0 Å². The van der Waals surface area contributed by atoms with Crippen molar-refractivity contribution in [3.8, 4) is 0 Å². The molecule has 0 aromatic heterocycles. The van der Waals surface area contributed by atoms with Crippen molar-refractivity contribution < 1.29 is 9.53 Å². The number of carbonyl (C=O) groups excluding carboxylic acids is 1. The molecule has 2 saturated heterocycles. The lowest BCUT2D eigenvalue weighted by atomic mass is 9.91. The zero-order valence-corrected chi connectivity index (χ0v) is 11.4. The summed E-state index contributed by atoms with van der Waals surface area (Å²) in [6.45, 7) is 7.75. The molecule has 3 fully saturated rings. The first-order chi connectivity index (χ1) is 8.64. The van der Waals surface area contributed by atoms with Crippen LogP contribution in [0.5, 0.6) is 0 Å². The Bertz CT molecular complexity index is 329. The smallest absolute Gasteiger partial charge is 0.226 e. The van der Waals surface area contributed by atoms with Crippen molar-refractivity contribution in [1.82, 2.24) is 10.2 Å². The molecule has 0 aromatic rings. The molecule has 3 rings (SSSR count). The number of amides is 1. The third-order valence-electron chi connectivity index (χ3n) is 5.01. The molecule has 0 unspecified atom stereocenters. The Balaban J connectivity index is 1.68. The van der Waals surface area contributed by atoms with Gasteiger partial charge < -0.3 is 15.0 Å². The topological polar surface area (TPSA) is 41.6 Å². The molecule has 1 spiro atoms. The van der Waals surface area contributed by atoms with Crippen LogP contribution in [0.4, 0.5) is 0 Å². The van der Waals surface area contributed by atoms with Crippen molar-refractivity contribution in [1.29, 1.82) is 0 Å². The Labute approximate surface area is 109 Å². The van der Waals surface area contributed by atoms with Crippen LogP contribution in [-0.2, 0) is 9.53 Å². The van der Waals surface area contributed by atoms with Crippen molar-refractivity contribution in [3.05, 3.63) is 0 Å². The lowest BCUT2D eigenvalue weighted by molar-refractivity contribution is -0.146. The molecule has 0 aromatic carbocycles. The normalized spacial score (nSPS) is 38.8. The SMILES string of the molecule is C[C@@H]1COC[C@@H](C)N1C(=O)[C@@H]1CC12CCNCC2. The summed E-state index contributed by atoms with van der Waals surface area (Å²) in [7, 11) is 0. The van der Waals surface area contributed by atoms with Crippen LogP contribution in [0, 0.1) is 11.3 Å². The zero-order valence-electron chi connectivity index (χ0n) is 11.4. The molecule has 4 heteroatoms. The first kappa shape index (κ1) is 12.4. The van der Waals surface area contributed by atoms with E-state index in [0.29, 0.717) is 30.5 Å². The molecule has 0 bridgehead atoms. The molecular weight excluding hydrogens is 228 g/mol. The third kappa shape index (κ3) is 1.95. The standard InChI is InChI=1S/C14H24N2O2/c1-10-8-18-9-11(2)16(10)13(17)12-7-14(12)3-5-15-6-4-14/h10-12,15H,3-9H2,1-2H3/t10-,11-,12+/m1/s1. The number of piperidine rings is 1. The molecule has 1 N–H and O–H groups in total. The minimum Gasteiger partial charge on any atom is -0.377 e. The molecule has 1 saturated carbocycles. The fourth-order valence-electron chi connectivity index (χ4n) is 3.79. The van der Waals surface area contributed by atoms with Crippen LogP contribution in [0.25, 0.3) is 0 Å². The van der Waals surface area contributed by atoms with Crippen molar-refractivity contribution in [2.45, 2.75) is 45.2 Å². The highest BCUT2D eigenvalue weighted by atomic mass is 16.5. The van der Waals surface area contributed by atoms with Gasteiger partial charge in [-0.3, -0.25) is 4.79 Å². The van der Waals surface area contributed by atoms with E-state index in [0.717, 1.165) is 19.5 Å². The maximum atomic E-state index is 12.7. The highest BCUT2D eigenvalue weighted by molar-refractivity contribution is 5.83. The number of carbonyl (C=O) groups is 1. The van der Waals surface area contributed by atoms with Gasteiger partial charge in [-0.25, -0.2) is 0 Å². The predicted molar refractivity (Wildman–Crippen MR) is 69.2 cm³/mol. The van der Waals surface area contributed by atoms with Crippen LogP contribution in [-0.4, -0.2) is 49.2 Å². The van der Waals surface area contributed by atoms with Gasteiger partial charge >= 0.3 is 0 Å². The summed E-state index contributed by atoms with van der Waals surface area (Å²) in [5.74, 6) is 0.683. The first-order valence-corrected chi connectivity index (χ1v) is 7.25. The average Bonchev–Trinajstić information content (AvgIpc) is 3.03. The second kappa shape index (κ2) is 4.49. The van der Waals surface area contributed by atoms with Crippen molar-refractivity contribution in [2.75, 3.05) is 26.3 Å². The van der Waals surface area contributed by atoms with Gasteiger partial charge in [-0.15, -0.1) is 0 Å². The number of rotatable bonds is 1. The fraction of sp³-hybridized carbons (Fsp3) is 0.929. The number of morpholine rings is 1. The number of nitrogens with one attached hydrogen (secondary N) is 1. The van der Waals surface area contributed by atoms with Gasteiger partial charge in [-0.05, 0) is 51.6 Å². The van der Waals surface area contributed by atoms with Crippen LogP contribution < -0.4 is 5.32 Å². The van der Waals surface area contributed by atoms with E-state index in [1.807, 2.05) is 0 Å². The monoisotopic (exact) mass is 252 g/mol. The summed E-state index contributed by atoms with van der Waals surface area (Å²) in [5.41, 5.74) is 0.347. The zero-order chi connectivity index (χ0) is 12.8. The van der Waals surface area contributed by atoms with Crippen LogP contribution in [0.1, 0.15) is 33.1 Å². The van der Waals surface area contributed by atoms with Crippen molar-refractivity contribution in [3.63, 3.8) is 0 Å². The summed E-state index contributed by atoms with van der Waals surface area (Å²) < 4.78 is 5.51. The molecule has 3 atom stereocenters. The highest BCUT2D eigenvalue weighted by Crippen LogP contribution is 2.59. The number of hydrogen-bond acceptors (Lipinski definition) is 3. The maximum absolute atomic E-state index is 12.7. The summed E-state index contributed by atoms with van der Waals surface area (Å²) in [6, 6.07) is 0.473. The van der Waals surface area contributed by atoms with Crippen molar-refractivity contribution in [2.24, 2.45) is 11.3 Å². The Kier molecular flexibility index (Phi) is 3.10. The van der Waals surface area contributed by atoms with Gasteiger partial charge in [0.25, 0.3) is 0 Å². The lowest BCUT2D eigenvalue weighted by Crippen LogP contribution is -2.53. The molecule has 3 aliphatic rings. The number of nitrogens with zero attached hydrogens (tertiary/aromatic N) is 1. The fourth-order valence-corrected chi connectivity index (χ4v) is 3.79. The molecule has 2 heterocycles. The second-order valence-electron chi connectivity index (χ2n) is 6.35. The molecule has 2 aliphatic heterocycles. The maximum Gasteiger partial charge on any atom is 0.226 e. The molecule has 102 valence electrons. The van der Waals surface area contributed by atoms with E-state index in [9.17, 15) is 4.79 Å². The van der Waals surface area contributed by atoms with E-state index in [1.54, 1.807) is 0 Å². The van der Waals surface area contributed by atoms with E-state index in [4.69, 9.17) is 4.74 Å². The van der Waals surface area contributed by atoms with Gasteiger partial charge in [0, 0.05) is 5.92 Å². The minimum atomic E-state index is 0.237. The summed E-state index contributed by atoms with van der Waals surface area (Å²) in [4.78, 5) is 14.8. The van der Waals surface area contributed by atoms with Crippen LogP contribution in [0.2, 0.25) is 0 Å². The van der Waals surface area contributed by atoms with Crippen LogP contribution in [0.15, 0.2) is 0 Å². The number of hydrogen-bond donors (Lipinski definition) is 1. The Morgan fingerprint density at radius 1 is 1.22 bits per heavy atom. The lowest BCUT2D eigenvalue weighted by Gasteiger charge is -2.39. The Morgan fingerprint density at radius 3 is 2.44 bits per heavy atom. The third-order valence-corrected chi connectivity index (χ3v) is 5.01. The largest absolute Gasteiger partial charge is 0.377 e. The van der Waals surface area contributed by atoms with Gasteiger partial charge in [0.1, 0.15) is 0 Å². The molecule has 0 radical (unpaired) electrons. The van der Waals surface area contributed by atoms with Gasteiger partial charge in [0.15, 0.2) is 0 Å². The minimum absolute atomic E-state index is 0.237. The van der Waals surface area contributed by atoms with E-state index < -0.39 is 0 Å². The Hall–Kier alpha value is -0.610. The van der Waals surface area contributed by atoms with Gasteiger partial charge in [-0.1, -0.05) is 0 Å². The predicted octanol–water partition coefficient (Wildman–Crippen LogP) is 1.01. The van der Waals surface area contributed by atoms with Gasteiger partial charge in [0.05, 0.1) is 25.3 Å². The molecule has 4 nitrogen and oxygen atoms in total. The van der Waals surface area contributed by atoms with Crippen LogP contribution >= 0.6 is 0 Å². The van der Waals surface area contributed by atoms with E-state index in [2.05, 4.69) is 24.1 Å². The highest BCUT2D eigenvalue weighted by Gasteiger charge is 2.59. The Morgan fingerprint density at radius 2 is 1.83 bits per heavy atom. The average molecular weight is 252 g/mol. The quantitative estimate of drug-likeness (QED) is 0.757. The van der Waals surface area contributed by atoms with Crippen molar-refractivity contribution >= 4 is 5.91 Å².